The molecule has 1 amide bonds. The van der Waals surface area contributed by atoms with E-state index in [4.69, 9.17) is 14.2 Å². The summed E-state index contributed by atoms with van der Waals surface area (Å²) < 4.78 is 17.5. The fourth-order valence-corrected chi connectivity index (χ4v) is 4.81. The van der Waals surface area contributed by atoms with E-state index in [2.05, 4.69) is 27.0 Å². The highest BCUT2D eigenvalue weighted by molar-refractivity contribution is 5.76. The number of carbonyl (C=O) groups is 3. The van der Waals surface area contributed by atoms with Gasteiger partial charge in [-0.25, -0.2) is 9.78 Å². The Morgan fingerprint density at radius 3 is 2.64 bits per heavy atom. The first-order valence-corrected chi connectivity index (χ1v) is 12.4. The number of aromatic nitrogens is 2. The SMILES string of the molecule is COC(=O)[C@H](Cc1ncn2c1CCc1ccccc1-2)N1CC[C@H](NC(=O)OC(C)OC(=O)C(C)C)C1. The fraction of sp³-hybridized carbons (Fsp3) is 0.538. The van der Waals surface area contributed by atoms with E-state index in [1.807, 2.05) is 23.4 Å². The highest BCUT2D eigenvalue weighted by Crippen LogP contribution is 2.28. The molecule has 2 aliphatic rings. The number of para-hydroxylation sites is 1. The summed E-state index contributed by atoms with van der Waals surface area (Å²) in [7, 11) is 1.39. The molecule has 1 aromatic heterocycles. The van der Waals surface area contributed by atoms with Gasteiger partial charge in [-0.3, -0.25) is 14.5 Å². The zero-order valence-corrected chi connectivity index (χ0v) is 21.2. The second-order valence-electron chi connectivity index (χ2n) is 9.57. The number of nitrogens with zero attached hydrogens (tertiary/aromatic N) is 3. The van der Waals surface area contributed by atoms with E-state index in [1.54, 1.807) is 13.8 Å². The maximum Gasteiger partial charge on any atom is 0.410 e. The van der Waals surface area contributed by atoms with Crippen molar-refractivity contribution in [3.63, 3.8) is 0 Å². The summed E-state index contributed by atoms with van der Waals surface area (Å²) in [5.74, 6) is -1.08. The lowest BCUT2D eigenvalue weighted by Gasteiger charge is -2.26. The lowest BCUT2D eigenvalue weighted by molar-refractivity contribution is -0.168. The van der Waals surface area contributed by atoms with Crippen molar-refractivity contribution in [2.75, 3.05) is 20.2 Å². The molecule has 2 aromatic rings. The summed E-state index contributed by atoms with van der Waals surface area (Å²) in [6.07, 6.45) is 3.04. The van der Waals surface area contributed by atoms with Gasteiger partial charge in [-0.05, 0) is 30.9 Å². The fourth-order valence-electron chi connectivity index (χ4n) is 4.81. The third kappa shape index (κ3) is 5.70. The van der Waals surface area contributed by atoms with Gasteiger partial charge in [0.05, 0.1) is 25.0 Å². The molecular weight excluding hydrogens is 464 g/mol. The Morgan fingerprint density at radius 1 is 1.11 bits per heavy atom. The average molecular weight is 499 g/mol. The number of aryl methyl sites for hydroxylation is 1. The summed E-state index contributed by atoms with van der Waals surface area (Å²) in [6, 6.07) is 7.55. The minimum absolute atomic E-state index is 0.208. The quantitative estimate of drug-likeness (QED) is 0.436. The molecule has 4 rings (SSSR count). The molecule has 194 valence electrons. The molecule has 1 unspecified atom stereocenters. The zero-order valence-electron chi connectivity index (χ0n) is 21.2. The Hall–Kier alpha value is -3.40. The number of ether oxygens (including phenoxy) is 3. The highest BCUT2D eigenvalue weighted by atomic mass is 16.7. The maximum absolute atomic E-state index is 12.8. The van der Waals surface area contributed by atoms with Crippen LogP contribution in [0.2, 0.25) is 0 Å². The molecular formula is C26H34N4O6. The monoisotopic (exact) mass is 498 g/mol. The van der Waals surface area contributed by atoms with E-state index in [9.17, 15) is 14.4 Å². The standard InChI is InChI=1S/C26H34N4O6/c1-16(2)24(31)35-17(3)36-26(33)28-19-11-12-29(14-19)23(25(32)34-4)13-20-22-10-9-18-7-5-6-8-21(18)30(22)15-27-20/h5-8,15-17,19,23H,9-14H2,1-4H3,(H,28,33)/t17?,19-,23-/m0/s1. The van der Waals surface area contributed by atoms with Gasteiger partial charge < -0.3 is 24.1 Å². The minimum Gasteiger partial charge on any atom is -0.468 e. The molecule has 0 aliphatic carbocycles. The Labute approximate surface area is 210 Å². The van der Waals surface area contributed by atoms with Gasteiger partial charge in [0.15, 0.2) is 0 Å². The number of hydrogen-bond acceptors (Lipinski definition) is 8. The molecule has 1 fully saturated rings. The summed E-state index contributed by atoms with van der Waals surface area (Å²) in [6.45, 7) is 5.99. The molecule has 1 saturated heterocycles. The van der Waals surface area contributed by atoms with E-state index in [0.29, 0.717) is 25.9 Å². The molecule has 2 aliphatic heterocycles. The van der Waals surface area contributed by atoms with Gasteiger partial charge in [0.1, 0.15) is 6.04 Å². The van der Waals surface area contributed by atoms with Crippen LogP contribution in [-0.2, 0) is 43.1 Å². The lowest BCUT2D eigenvalue weighted by Crippen LogP contribution is -2.45. The number of amides is 1. The van der Waals surface area contributed by atoms with Crippen LogP contribution in [0.3, 0.4) is 0 Å². The minimum atomic E-state index is -0.988. The van der Waals surface area contributed by atoms with Gasteiger partial charge in [0.25, 0.3) is 0 Å². The average Bonchev–Trinajstić information content (AvgIpc) is 3.48. The molecule has 3 atom stereocenters. The van der Waals surface area contributed by atoms with Crippen LogP contribution < -0.4 is 5.32 Å². The van der Waals surface area contributed by atoms with Crippen LogP contribution in [0.5, 0.6) is 0 Å². The van der Waals surface area contributed by atoms with Gasteiger partial charge in [0, 0.05) is 43.9 Å². The second kappa shape index (κ2) is 11.1. The van der Waals surface area contributed by atoms with Crippen molar-refractivity contribution in [1.29, 1.82) is 0 Å². The molecule has 10 heteroatoms. The van der Waals surface area contributed by atoms with Crippen LogP contribution in [0.1, 0.15) is 44.1 Å². The number of hydrogen-bond donors (Lipinski definition) is 1. The predicted octanol–water partition coefficient (Wildman–Crippen LogP) is 2.40. The zero-order chi connectivity index (χ0) is 25.8. The molecule has 10 nitrogen and oxygen atoms in total. The van der Waals surface area contributed by atoms with Crippen LogP contribution in [0.4, 0.5) is 4.79 Å². The van der Waals surface area contributed by atoms with Gasteiger partial charge in [-0.2, -0.15) is 0 Å². The number of likely N-dealkylation sites (tertiary alicyclic amines) is 1. The number of alkyl carbamates (subject to hydrolysis) is 1. The number of imidazole rings is 1. The van der Waals surface area contributed by atoms with Crippen molar-refractivity contribution < 1.29 is 28.6 Å². The van der Waals surface area contributed by atoms with Crippen LogP contribution >= 0.6 is 0 Å². The van der Waals surface area contributed by atoms with Crippen molar-refractivity contribution in [3.8, 4) is 5.69 Å². The van der Waals surface area contributed by atoms with E-state index < -0.39 is 24.4 Å². The van der Waals surface area contributed by atoms with Gasteiger partial charge in [0.2, 0.25) is 6.29 Å². The van der Waals surface area contributed by atoms with Crippen LogP contribution in [0, 0.1) is 5.92 Å². The molecule has 3 heterocycles. The molecule has 0 radical (unpaired) electrons. The van der Waals surface area contributed by atoms with Crippen molar-refractivity contribution in [2.45, 2.75) is 64.8 Å². The Morgan fingerprint density at radius 2 is 1.89 bits per heavy atom. The summed E-state index contributed by atoms with van der Waals surface area (Å²) >= 11 is 0. The predicted molar refractivity (Wildman–Crippen MR) is 130 cm³/mol. The van der Waals surface area contributed by atoms with Crippen LogP contribution in [-0.4, -0.2) is 71.1 Å². The van der Waals surface area contributed by atoms with Crippen molar-refractivity contribution in [2.24, 2.45) is 5.92 Å². The third-order valence-electron chi connectivity index (χ3n) is 6.70. The first-order chi connectivity index (χ1) is 17.3. The van der Waals surface area contributed by atoms with Crippen LogP contribution in [0.25, 0.3) is 5.69 Å². The second-order valence-corrected chi connectivity index (χ2v) is 9.57. The molecule has 1 aromatic carbocycles. The number of carbonyl (C=O) groups excluding carboxylic acids is 3. The third-order valence-corrected chi connectivity index (χ3v) is 6.70. The summed E-state index contributed by atoms with van der Waals surface area (Å²) in [5, 5.41) is 2.81. The van der Waals surface area contributed by atoms with E-state index >= 15 is 0 Å². The first kappa shape index (κ1) is 25.7. The molecule has 0 saturated carbocycles. The number of esters is 2. The van der Waals surface area contributed by atoms with E-state index in [-0.39, 0.29) is 17.9 Å². The molecule has 36 heavy (non-hydrogen) atoms. The summed E-state index contributed by atoms with van der Waals surface area (Å²) in [4.78, 5) is 43.4. The molecule has 0 bridgehead atoms. The van der Waals surface area contributed by atoms with Gasteiger partial charge >= 0.3 is 18.0 Å². The largest absolute Gasteiger partial charge is 0.468 e. The highest BCUT2D eigenvalue weighted by Gasteiger charge is 2.36. The maximum atomic E-state index is 12.8. The first-order valence-electron chi connectivity index (χ1n) is 12.4. The van der Waals surface area contributed by atoms with Gasteiger partial charge in [-0.15, -0.1) is 0 Å². The Balaban J connectivity index is 1.38. The number of rotatable bonds is 8. The number of nitrogens with one attached hydrogen (secondary N) is 1. The van der Waals surface area contributed by atoms with Crippen molar-refractivity contribution in [3.05, 3.63) is 47.5 Å². The lowest BCUT2D eigenvalue weighted by atomic mass is 9.98. The normalized spacial score (nSPS) is 18.6. The smallest absolute Gasteiger partial charge is 0.410 e. The van der Waals surface area contributed by atoms with Crippen LogP contribution in [0.15, 0.2) is 30.6 Å². The molecule has 1 N–H and O–H groups in total. The Bertz CT molecular complexity index is 1110. The summed E-state index contributed by atoms with van der Waals surface area (Å²) in [5.41, 5.74) is 4.41. The van der Waals surface area contributed by atoms with Gasteiger partial charge in [-0.1, -0.05) is 32.0 Å². The topological polar surface area (TPSA) is 112 Å². The molecule has 0 spiro atoms. The Kier molecular flexibility index (Phi) is 7.93. The van der Waals surface area contributed by atoms with Crippen molar-refractivity contribution >= 4 is 18.0 Å². The number of methoxy groups -OCH3 is 1. The number of benzene rings is 1. The van der Waals surface area contributed by atoms with E-state index in [0.717, 1.165) is 29.9 Å². The number of fused-ring (bicyclic) bond motifs is 3. The van der Waals surface area contributed by atoms with Crippen molar-refractivity contribution in [1.82, 2.24) is 19.8 Å². The van der Waals surface area contributed by atoms with E-state index in [1.165, 1.54) is 19.6 Å².